The van der Waals surface area contributed by atoms with Gasteiger partial charge < -0.3 is 53.7 Å². The Kier molecular flexibility index (Phi) is 31.6. The first kappa shape index (κ1) is 41.0. The number of hydrogen-bond donors (Lipinski definition) is 2. The summed E-state index contributed by atoms with van der Waals surface area (Å²) < 4.78 is 48.1. The molecule has 0 aliphatic carbocycles. The minimum absolute atomic E-state index is 0. The predicted octanol–water partition coefficient (Wildman–Crippen LogP) is 0.738. The van der Waals surface area contributed by atoms with Crippen molar-refractivity contribution in [1.82, 2.24) is 5.32 Å². The number of esters is 1. The topological polar surface area (TPSA) is 155 Å². The van der Waals surface area contributed by atoms with E-state index in [1.54, 1.807) is 0 Å². The van der Waals surface area contributed by atoms with Gasteiger partial charge in [0.05, 0.1) is 112 Å². The van der Waals surface area contributed by atoms with Gasteiger partial charge in [-0.15, -0.1) is 12.4 Å². The molecular weight excluding hydrogens is 552 g/mol. The van der Waals surface area contributed by atoms with Gasteiger partial charge in [0.1, 0.15) is 5.60 Å². The molecule has 3 N–H and O–H groups in total. The van der Waals surface area contributed by atoms with Gasteiger partial charge in [-0.25, -0.2) is 0 Å². The van der Waals surface area contributed by atoms with Gasteiger partial charge in [0, 0.05) is 19.5 Å². The zero-order chi connectivity index (χ0) is 28.9. The average molecular weight is 605 g/mol. The highest BCUT2D eigenvalue weighted by molar-refractivity contribution is 5.85. The molecule has 0 aliphatic rings. The van der Waals surface area contributed by atoms with Crippen LogP contribution >= 0.6 is 12.4 Å². The van der Waals surface area contributed by atoms with E-state index in [1.807, 2.05) is 20.8 Å². The Balaban J connectivity index is 0. The number of halogens is 1. The van der Waals surface area contributed by atoms with Crippen LogP contribution in [0.15, 0.2) is 0 Å². The van der Waals surface area contributed by atoms with Crippen LogP contribution in [-0.4, -0.2) is 136 Å². The summed E-state index contributed by atoms with van der Waals surface area (Å²) >= 11 is 0. The summed E-state index contributed by atoms with van der Waals surface area (Å²) in [5.41, 5.74) is 4.83. The lowest BCUT2D eigenvalue weighted by molar-refractivity contribution is -0.156. The first-order chi connectivity index (χ1) is 18.8. The lowest BCUT2D eigenvalue weighted by atomic mass is 10.2. The maximum Gasteiger partial charge on any atom is 0.308 e. The number of nitrogens with two attached hydrogens (primary N) is 1. The minimum Gasteiger partial charge on any atom is -0.460 e. The fourth-order valence-corrected chi connectivity index (χ4v) is 2.67. The van der Waals surface area contributed by atoms with E-state index in [-0.39, 0.29) is 37.1 Å². The maximum atomic E-state index is 11.8. The van der Waals surface area contributed by atoms with Gasteiger partial charge in [0.2, 0.25) is 5.91 Å². The molecule has 14 heteroatoms. The van der Waals surface area contributed by atoms with Crippen molar-refractivity contribution >= 4 is 24.3 Å². The van der Waals surface area contributed by atoms with Crippen molar-refractivity contribution in [3.05, 3.63) is 0 Å². The van der Waals surface area contributed by atoms with Gasteiger partial charge in [-0.3, -0.25) is 9.59 Å². The number of ether oxygens (including phenoxy) is 9. The van der Waals surface area contributed by atoms with Crippen LogP contribution in [0.5, 0.6) is 0 Å². The fraction of sp³-hybridized carbons (Fsp3) is 0.923. The second kappa shape index (κ2) is 30.8. The second-order valence-electron chi connectivity index (χ2n) is 9.12. The summed E-state index contributed by atoms with van der Waals surface area (Å²) in [6.07, 6.45) is 0.504. The normalized spacial score (nSPS) is 11.3. The smallest absolute Gasteiger partial charge is 0.308 e. The molecule has 0 aromatic carbocycles. The van der Waals surface area contributed by atoms with Gasteiger partial charge in [0.15, 0.2) is 0 Å². The standard InChI is InChI=1S/C26H52N2O11.ClH/c1-26(2,3)39-25(30)5-9-32-13-17-36-21-23-38-19-15-34-11-7-28-24(29)4-8-31-12-16-35-20-22-37-18-14-33-10-6-27;/h4-23,27H2,1-3H3,(H,28,29);1H. The van der Waals surface area contributed by atoms with Gasteiger partial charge in [-0.2, -0.15) is 0 Å². The lowest BCUT2D eigenvalue weighted by Gasteiger charge is -2.19. The molecule has 0 aromatic rings. The van der Waals surface area contributed by atoms with Crippen LogP contribution in [0.3, 0.4) is 0 Å². The van der Waals surface area contributed by atoms with E-state index >= 15 is 0 Å². The molecular formula is C26H53ClN2O11. The van der Waals surface area contributed by atoms with Crippen LogP contribution in [0.4, 0.5) is 0 Å². The van der Waals surface area contributed by atoms with E-state index in [9.17, 15) is 9.59 Å². The van der Waals surface area contributed by atoms with Crippen molar-refractivity contribution < 1.29 is 52.2 Å². The Bertz CT molecular complexity index is 569. The third kappa shape index (κ3) is 34.9. The molecule has 240 valence electrons. The van der Waals surface area contributed by atoms with Crippen molar-refractivity contribution in [2.75, 3.05) is 119 Å². The van der Waals surface area contributed by atoms with E-state index in [0.717, 1.165) is 0 Å². The summed E-state index contributed by atoms with van der Waals surface area (Å²) in [6, 6.07) is 0. The molecule has 0 saturated carbocycles. The second-order valence-corrected chi connectivity index (χ2v) is 9.12. The van der Waals surface area contributed by atoms with Crippen molar-refractivity contribution in [2.45, 2.75) is 39.2 Å². The van der Waals surface area contributed by atoms with E-state index in [4.69, 9.17) is 48.4 Å². The molecule has 0 aromatic heterocycles. The summed E-state index contributed by atoms with van der Waals surface area (Å²) in [6.45, 7) is 13.5. The SMILES string of the molecule is CC(C)(C)OC(=O)CCOCCOCCOCCOCCNC(=O)CCOCCOCCOCCOCCN.Cl. The number of amides is 1. The van der Waals surface area contributed by atoms with Crippen molar-refractivity contribution in [3.63, 3.8) is 0 Å². The molecule has 13 nitrogen and oxygen atoms in total. The van der Waals surface area contributed by atoms with Crippen molar-refractivity contribution in [2.24, 2.45) is 5.73 Å². The molecule has 0 rings (SSSR count). The van der Waals surface area contributed by atoms with Crippen LogP contribution < -0.4 is 11.1 Å². The summed E-state index contributed by atoms with van der Waals surface area (Å²) in [5.74, 6) is -0.365. The molecule has 1 amide bonds. The first-order valence-corrected chi connectivity index (χ1v) is 13.7. The van der Waals surface area contributed by atoms with Gasteiger partial charge >= 0.3 is 5.97 Å². The van der Waals surface area contributed by atoms with Crippen LogP contribution in [0.25, 0.3) is 0 Å². The number of hydrogen-bond acceptors (Lipinski definition) is 12. The summed E-state index contributed by atoms with van der Waals surface area (Å²) in [5, 5.41) is 2.77. The first-order valence-electron chi connectivity index (χ1n) is 13.7. The van der Waals surface area contributed by atoms with Gasteiger partial charge in [-0.05, 0) is 20.8 Å². The third-order valence-electron chi connectivity index (χ3n) is 4.41. The number of carbonyl (C=O) groups excluding carboxylic acids is 2. The molecule has 0 atom stereocenters. The highest BCUT2D eigenvalue weighted by atomic mass is 35.5. The molecule has 0 radical (unpaired) electrons. The van der Waals surface area contributed by atoms with Crippen LogP contribution in [0.1, 0.15) is 33.6 Å². The Morgan fingerprint density at radius 2 is 0.900 bits per heavy atom. The molecule has 0 fully saturated rings. The van der Waals surface area contributed by atoms with E-state index in [1.165, 1.54) is 0 Å². The van der Waals surface area contributed by atoms with Gasteiger partial charge in [0.25, 0.3) is 0 Å². The average Bonchev–Trinajstić information content (AvgIpc) is 2.88. The number of carbonyl (C=O) groups is 2. The molecule has 0 saturated heterocycles. The Labute approximate surface area is 245 Å². The Hall–Kier alpha value is -1.13. The maximum absolute atomic E-state index is 11.8. The van der Waals surface area contributed by atoms with E-state index < -0.39 is 5.60 Å². The van der Waals surface area contributed by atoms with Crippen molar-refractivity contribution in [3.8, 4) is 0 Å². The molecule has 40 heavy (non-hydrogen) atoms. The Morgan fingerprint density at radius 3 is 1.30 bits per heavy atom. The lowest BCUT2D eigenvalue weighted by Crippen LogP contribution is -2.28. The zero-order valence-corrected chi connectivity index (χ0v) is 25.4. The van der Waals surface area contributed by atoms with Crippen LogP contribution in [0, 0.1) is 0 Å². The minimum atomic E-state index is -0.479. The summed E-state index contributed by atoms with van der Waals surface area (Å²) in [7, 11) is 0. The molecule has 0 bridgehead atoms. The van der Waals surface area contributed by atoms with Crippen molar-refractivity contribution in [1.29, 1.82) is 0 Å². The van der Waals surface area contributed by atoms with Crippen LogP contribution in [0.2, 0.25) is 0 Å². The molecule has 0 spiro atoms. The molecule has 0 unspecified atom stereocenters. The molecule has 0 aliphatic heterocycles. The van der Waals surface area contributed by atoms with Crippen LogP contribution in [-0.2, 0) is 52.2 Å². The zero-order valence-electron chi connectivity index (χ0n) is 24.6. The number of nitrogens with one attached hydrogen (secondary N) is 1. The van der Waals surface area contributed by atoms with Gasteiger partial charge in [-0.1, -0.05) is 0 Å². The summed E-state index contributed by atoms with van der Waals surface area (Å²) in [4.78, 5) is 23.3. The highest BCUT2D eigenvalue weighted by Crippen LogP contribution is 2.08. The monoisotopic (exact) mass is 604 g/mol. The Morgan fingerprint density at radius 1 is 0.550 bits per heavy atom. The third-order valence-corrected chi connectivity index (χ3v) is 4.41. The predicted molar refractivity (Wildman–Crippen MR) is 151 cm³/mol. The fourth-order valence-electron chi connectivity index (χ4n) is 2.67. The quantitative estimate of drug-likeness (QED) is 0.0913. The largest absolute Gasteiger partial charge is 0.460 e. The number of rotatable bonds is 29. The highest BCUT2D eigenvalue weighted by Gasteiger charge is 2.15. The molecule has 0 heterocycles. The van der Waals surface area contributed by atoms with E-state index in [0.29, 0.717) is 119 Å². The van der Waals surface area contributed by atoms with E-state index in [2.05, 4.69) is 5.32 Å².